The van der Waals surface area contributed by atoms with Crippen molar-refractivity contribution in [2.45, 2.75) is 24.3 Å². The van der Waals surface area contributed by atoms with Gasteiger partial charge in [0.15, 0.2) is 4.08 Å². The number of allylic oxidation sites excluding steroid dienone is 1. The zero-order chi connectivity index (χ0) is 10.5. The van der Waals surface area contributed by atoms with Crippen LogP contribution < -0.4 is 0 Å². The van der Waals surface area contributed by atoms with Crippen molar-refractivity contribution >= 4 is 23.5 Å². The second-order valence-electron chi connectivity index (χ2n) is 2.92. The first-order chi connectivity index (χ1) is 6.07. The van der Waals surface area contributed by atoms with Crippen LogP contribution in [0.1, 0.15) is 20.3 Å². The van der Waals surface area contributed by atoms with Crippen LogP contribution in [0.15, 0.2) is 12.2 Å². The van der Waals surface area contributed by atoms with Gasteiger partial charge in [-0.15, -0.1) is 23.5 Å². The van der Waals surface area contributed by atoms with Crippen LogP contribution in [0.4, 0.5) is 0 Å². The molecule has 74 valence electrons. The molecular formula is C10H17NS2. The van der Waals surface area contributed by atoms with Gasteiger partial charge >= 0.3 is 0 Å². The van der Waals surface area contributed by atoms with Crippen molar-refractivity contribution in [3.8, 4) is 6.07 Å². The number of nitrogens with zero attached hydrogens (tertiary/aromatic N) is 1. The average Bonchev–Trinajstić information content (AvgIpc) is 2.20. The zero-order valence-corrected chi connectivity index (χ0v) is 10.4. The standard InChI is InChI=1S/C10H17NS2/c1-6-8(2)9(3)10(7-11,12-4)13-5/h9H,2,6H2,1,3-5H3. The highest BCUT2D eigenvalue weighted by molar-refractivity contribution is 8.18. The summed E-state index contributed by atoms with van der Waals surface area (Å²) in [5.74, 6) is 0.243. The van der Waals surface area contributed by atoms with E-state index in [1.54, 1.807) is 23.5 Å². The molecule has 0 amide bonds. The Hall–Kier alpha value is -0.0700. The Morgan fingerprint density at radius 2 is 2.00 bits per heavy atom. The molecule has 1 unspecified atom stereocenters. The van der Waals surface area contributed by atoms with E-state index in [9.17, 15) is 0 Å². The molecule has 0 aromatic carbocycles. The van der Waals surface area contributed by atoms with Crippen molar-refractivity contribution in [1.29, 1.82) is 5.26 Å². The van der Waals surface area contributed by atoms with Crippen molar-refractivity contribution in [2.75, 3.05) is 12.5 Å². The monoisotopic (exact) mass is 215 g/mol. The van der Waals surface area contributed by atoms with E-state index in [0.29, 0.717) is 0 Å². The summed E-state index contributed by atoms with van der Waals surface area (Å²) in [7, 11) is 0. The molecule has 0 aromatic heterocycles. The van der Waals surface area contributed by atoms with Crippen molar-refractivity contribution in [2.24, 2.45) is 5.92 Å². The van der Waals surface area contributed by atoms with Crippen molar-refractivity contribution < 1.29 is 0 Å². The summed E-state index contributed by atoms with van der Waals surface area (Å²) in [6, 6.07) is 2.40. The highest BCUT2D eigenvalue weighted by atomic mass is 32.2. The molecule has 0 radical (unpaired) electrons. The fourth-order valence-corrected chi connectivity index (χ4v) is 3.09. The third-order valence-electron chi connectivity index (χ3n) is 2.40. The van der Waals surface area contributed by atoms with Crippen LogP contribution in [-0.4, -0.2) is 16.6 Å². The van der Waals surface area contributed by atoms with E-state index in [1.807, 2.05) is 12.5 Å². The molecule has 1 nitrogen and oxygen atoms in total. The number of rotatable bonds is 5. The minimum absolute atomic E-state index is 0.243. The maximum Gasteiger partial charge on any atom is 0.153 e. The maximum absolute atomic E-state index is 9.16. The first-order valence-corrected chi connectivity index (χ1v) is 6.72. The highest BCUT2D eigenvalue weighted by Gasteiger charge is 2.35. The van der Waals surface area contributed by atoms with Gasteiger partial charge in [-0.25, -0.2) is 0 Å². The SMILES string of the molecule is C=C(CC)C(C)C(C#N)(SC)SC. The van der Waals surface area contributed by atoms with Crippen LogP contribution >= 0.6 is 23.5 Å². The summed E-state index contributed by atoms with van der Waals surface area (Å²) in [4.78, 5) is 0. The summed E-state index contributed by atoms with van der Waals surface area (Å²) >= 11 is 3.22. The van der Waals surface area contributed by atoms with Gasteiger partial charge in [-0.3, -0.25) is 0 Å². The molecule has 0 bridgehead atoms. The maximum atomic E-state index is 9.16. The molecule has 0 spiro atoms. The van der Waals surface area contributed by atoms with Gasteiger partial charge in [0.05, 0.1) is 6.07 Å². The molecular weight excluding hydrogens is 198 g/mol. The number of hydrogen-bond donors (Lipinski definition) is 0. The van der Waals surface area contributed by atoms with E-state index in [2.05, 4.69) is 26.5 Å². The fourth-order valence-electron chi connectivity index (χ4n) is 1.20. The van der Waals surface area contributed by atoms with Crippen molar-refractivity contribution in [3.63, 3.8) is 0 Å². The Morgan fingerprint density at radius 3 is 2.23 bits per heavy atom. The van der Waals surface area contributed by atoms with Crippen LogP contribution in [-0.2, 0) is 0 Å². The second kappa shape index (κ2) is 5.62. The van der Waals surface area contributed by atoms with Gasteiger partial charge in [-0.05, 0) is 18.9 Å². The van der Waals surface area contributed by atoms with E-state index in [0.717, 1.165) is 12.0 Å². The summed E-state index contributed by atoms with van der Waals surface area (Å²) in [6.07, 6.45) is 4.92. The highest BCUT2D eigenvalue weighted by Crippen LogP contribution is 2.43. The van der Waals surface area contributed by atoms with Gasteiger partial charge in [0, 0.05) is 5.92 Å². The molecule has 3 heteroatoms. The largest absolute Gasteiger partial charge is 0.196 e. The Morgan fingerprint density at radius 1 is 1.54 bits per heavy atom. The minimum atomic E-state index is -0.354. The summed E-state index contributed by atoms with van der Waals surface area (Å²) in [6.45, 7) is 8.18. The van der Waals surface area contributed by atoms with Gasteiger partial charge in [0.25, 0.3) is 0 Å². The lowest BCUT2D eigenvalue weighted by Gasteiger charge is -2.30. The quantitative estimate of drug-likeness (QED) is 0.518. The lowest BCUT2D eigenvalue weighted by molar-refractivity contribution is 0.662. The van der Waals surface area contributed by atoms with Gasteiger partial charge in [-0.2, -0.15) is 5.26 Å². The van der Waals surface area contributed by atoms with Crippen LogP contribution in [0.5, 0.6) is 0 Å². The van der Waals surface area contributed by atoms with Crippen LogP contribution in [0.2, 0.25) is 0 Å². The molecule has 0 aliphatic carbocycles. The van der Waals surface area contributed by atoms with Crippen molar-refractivity contribution in [1.82, 2.24) is 0 Å². The molecule has 13 heavy (non-hydrogen) atoms. The van der Waals surface area contributed by atoms with Gasteiger partial charge in [-0.1, -0.05) is 26.0 Å². The first kappa shape index (κ1) is 12.9. The average molecular weight is 215 g/mol. The van der Waals surface area contributed by atoms with E-state index >= 15 is 0 Å². The van der Waals surface area contributed by atoms with E-state index < -0.39 is 0 Å². The second-order valence-corrected chi connectivity index (χ2v) is 5.28. The third kappa shape index (κ3) is 2.69. The normalized spacial score (nSPS) is 13.5. The Balaban J connectivity index is 4.75. The molecule has 0 heterocycles. The zero-order valence-electron chi connectivity index (χ0n) is 8.76. The Bertz CT molecular complexity index is 213. The molecule has 0 aliphatic heterocycles. The number of hydrogen-bond acceptors (Lipinski definition) is 3. The molecule has 0 N–H and O–H groups in total. The van der Waals surface area contributed by atoms with Gasteiger partial charge in [0.1, 0.15) is 0 Å². The predicted octanol–water partition coefficient (Wildman–Crippen LogP) is 3.53. The van der Waals surface area contributed by atoms with E-state index in [1.165, 1.54) is 0 Å². The van der Waals surface area contributed by atoms with Gasteiger partial charge in [0.2, 0.25) is 0 Å². The molecule has 0 fully saturated rings. The van der Waals surface area contributed by atoms with Crippen LogP contribution in [0, 0.1) is 17.2 Å². The third-order valence-corrected chi connectivity index (χ3v) is 5.50. The van der Waals surface area contributed by atoms with E-state index in [-0.39, 0.29) is 10.00 Å². The summed E-state index contributed by atoms with van der Waals surface area (Å²) in [5, 5.41) is 9.16. The molecule has 1 atom stereocenters. The summed E-state index contributed by atoms with van der Waals surface area (Å²) < 4.78 is -0.354. The summed E-state index contributed by atoms with van der Waals surface area (Å²) in [5.41, 5.74) is 1.16. The van der Waals surface area contributed by atoms with Crippen LogP contribution in [0.3, 0.4) is 0 Å². The molecule has 0 rings (SSSR count). The number of nitriles is 1. The Labute approximate surface area is 90.0 Å². The topological polar surface area (TPSA) is 23.8 Å². The van der Waals surface area contributed by atoms with Crippen molar-refractivity contribution in [3.05, 3.63) is 12.2 Å². The first-order valence-electron chi connectivity index (χ1n) is 4.27. The lowest BCUT2D eigenvalue weighted by Crippen LogP contribution is -2.27. The molecule has 0 aliphatic rings. The molecule has 0 saturated heterocycles. The predicted molar refractivity (Wildman–Crippen MR) is 64.0 cm³/mol. The van der Waals surface area contributed by atoms with Crippen LogP contribution in [0.25, 0.3) is 0 Å². The minimum Gasteiger partial charge on any atom is -0.196 e. The lowest BCUT2D eigenvalue weighted by atomic mass is 9.97. The smallest absolute Gasteiger partial charge is 0.153 e. The van der Waals surface area contributed by atoms with Gasteiger partial charge < -0.3 is 0 Å². The Kier molecular flexibility index (Phi) is 5.59. The fraction of sp³-hybridized carbons (Fsp3) is 0.700. The van der Waals surface area contributed by atoms with E-state index in [4.69, 9.17) is 5.26 Å². The number of thioether (sulfide) groups is 2. The molecule has 0 saturated carbocycles. The molecule has 0 aromatic rings.